The first-order valence-electron chi connectivity index (χ1n) is 10.7. The summed E-state index contributed by atoms with van der Waals surface area (Å²) in [6.45, 7) is 2.20. The van der Waals surface area contributed by atoms with E-state index in [0.717, 1.165) is 16.5 Å². The van der Waals surface area contributed by atoms with Gasteiger partial charge < -0.3 is 4.74 Å². The summed E-state index contributed by atoms with van der Waals surface area (Å²) >= 11 is 3.38. The highest BCUT2D eigenvalue weighted by Gasteiger charge is 2.16. The molecule has 4 rings (SSSR count). The summed E-state index contributed by atoms with van der Waals surface area (Å²) in [5.74, 6) is 0.683. The minimum absolute atomic E-state index is 0.159. The van der Waals surface area contributed by atoms with Crippen LogP contribution in [0.2, 0.25) is 0 Å². The molecular formula is C25H21BrN4O4. The number of nitrogens with zero attached hydrogens (tertiary/aromatic N) is 4. The number of ether oxygens (including phenoxy) is 1. The van der Waals surface area contributed by atoms with Gasteiger partial charge in [-0.15, -0.1) is 0 Å². The lowest BCUT2D eigenvalue weighted by Gasteiger charge is -2.09. The fourth-order valence-corrected chi connectivity index (χ4v) is 3.80. The number of rotatable bonds is 8. The minimum Gasteiger partial charge on any atom is -0.482 e. The molecule has 0 N–H and O–H groups in total. The van der Waals surface area contributed by atoms with E-state index >= 15 is 0 Å². The first-order valence-corrected chi connectivity index (χ1v) is 11.5. The fourth-order valence-electron chi connectivity index (χ4n) is 3.44. The molecule has 172 valence electrons. The maximum absolute atomic E-state index is 13.1. The average Bonchev–Trinajstić information content (AvgIpc) is 2.84. The number of aryl methyl sites for hydroxylation is 1. The van der Waals surface area contributed by atoms with E-state index in [4.69, 9.17) is 4.74 Å². The van der Waals surface area contributed by atoms with Gasteiger partial charge in [0.1, 0.15) is 12.4 Å². The van der Waals surface area contributed by atoms with Crippen LogP contribution in [-0.4, -0.2) is 20.8 Å². The van der Waals surface area contributed by atoms with Crippen LogP contribution < -0.4 is 10.3 Å². The van der Waals surface area contributed by atoms with Crippen molar-refractivity contribution in [2.45, 2.75) is 26.4 Å². The molecule has 0 spiro atoms. The first kappa shape index (κ1) is 23.3. The van der Waals surface area contributed by atoms with Crippen molar-refractivity contribution in [3.63, 3.8) is 0 Å². The summed E-state index contributed by atoms with van der Waals surface area (Å²) in [6.07, 6.45) is 2.76. The molecule has 0 aliphatic carbocycles. The van der Waals surface area contributed by atoms with Crippen LogP contribution >= 0.6 is 15.9 Å². The van der Waals surface area contributed by atoms with Crippen LogP contribution in [0.3, 0.4) is 0 Å². The Labute approximate surface area is 203 Å². The van der Waals surface area contributed by atoms with Crippen molar-refractivity contribution in [2.24, 2.45) is 5.10 Å². The van der Waals surface area contributed by atoms with Gasteiger partial charge in [-0.2, -0.15) is 9.78 Å². The lowest BCUT2D eigenvalue weighted by atomic mass is 10.2. The third-order valence-electron chi connectivity index (χ3n) is 5.09. The Morgan fingerprint density at radius 1 is 1.15 bits per heavy atom. The molecule has 4 aromatic rings. The van der Waals surface area contributed by atoms with Crippen molar-refractivity contribution >= 4 is 38.7 Å². The number of halogens is 1. The van der Waals surface area contributed by atoms with Gasteiger partial charge in [-0.3, -0.25) is 14.9 Å². The van der Waals surface area contributed by atoms with Crippen molar-refractivity contribution in [3.05, 3.63) is 109 Å². The topological polar surface area (TPSA) is 99.6 Å². The maximum Gasteiger partial charge on any atom is 0.311 e. The van der Waals surface area contributed by atoms with Gasteiger partial charge in [0.2, 0.25) is 0 Å². The predicted molar refractivity (Wildman–Crippen MR) is 135 cm³/mol. The Kier molecular flexibility index (Phi) is 7.12. The standard InChI is InChI=1S/C25H21BrN4O4/c1-2-6-24-28-21-11-10-19(26)14-20(21)25(31)29(24)27-15-18-9-12-23(22(13-18)30(32)33)34-16-17-7-4-3-5-8-17/h3-5,7-15H,2,6,16H2,1H3. The van der Waals surface area contributed by atoms with Crippen LogP contribution in [0.1, 0.15) is 30.3 Å². The van der Waals surface area contributed by atoms with Crippen LogP contribution in [0.4, 0.5) is 5.69 Å². The van der Waals surface area contributed by atoms with Gasteiger partial charge in [-0.05, 0) is 42.3 Å². The highest BCUT2D eigenvalue weighted by Crippen LogP contribution is 2.28. The third-order valence-corrected chi connectivity index (χ3v) is 5.58. The molecule has 0 fully saturated rings. The van der Waals surface area contributed by atoms with Crippen LogP contribution in [0.25, 0.3) is 10.9 Å². The second-order valence-corrected chi connectivity index (χ2v) is 8.48. The summed E-state index contributed by atoms with van der Waals surface area (Å²) in [7, 11) is 0. The van der Waals surface area contributed by atoms with Crippen molar-refractivity contribution in [1.82, 2.24) is 9.66 Å². The van der Waals surface area contributed by atoms with Gasteiger partial charge in [-0.1, -0.05) is 53.2 Å². The highest BCUT2D eigenvalue weighted by molar-refractivity contribution is 9.10. The number of nitro benzene ring substituents is 1. The number of nitro groups is 1. The molecule has 34 heavy (non-hydrogen) atoms. The molecule has 1 aromatic heterocycles. The zero-order chi connectivity index (χ0) is 24.1. The lowest BCUT2D eigenvalue weighted by molar-refractivity contribution is -0.385. The van der Waals surface area contributed by atoms with Gasteiger partial charge >= 0.3 is 5.69 Å². The minimum atomic E-state index is -0.499. The monoisotopic (exact) mass is 520 g/mol. The van der Waals surface area contributed by atoms with Crippen molar-refractivity contribution in [1.29, 1.82) is 0 Å². The summed E-state index contributed by atoms with van der Waals surface area (Å²) in [6, 6.07) is 19.3. The predicted octanol–water partition coefficient (Wildman–Crippen LogP) is 5.48. The molecule has 1 heterocycles. The Hall–Kier alpha value is -3.85. The molecule has 8 nitrogen and oxygen atoms in total. The normalized spacial score (nSPS) is 11.2. The average molecular weight is 521 g/mol. The van der Waals surface area contributed by atoms with Crippen molar-refractivity contribution in [2.75, 3.05) is 0 Å². The van der Waals surface area contributed by atoms with Crippen LogP contribution in [0, 0.1) is 10.1 Å². The number of fused-ring (bicyclic) bond motifs is 1. The third kappa shape index (κ3) is 5.20. The molecule has 0 saturated heterocycles. The Bertz CT molecular complexity index is 1430. The van der Waals surface area contributed by atoms with Crippen LogP contribution in [0.5, 0.6) is 5.75 Å². The fraction of sp³-hybridized carbons (Fsp3) is 0.160. The van der Waals surface area contributed by atoms with Crippen LogP contribution in [0.15, 0.2) is 81.1 Å². The van der Waals surface area contributed by atoms with Crippen LogP contribution in [-0.2, 0) is 13.0 Å². The highest BCUT2D eigenvalue weighted by atomic mass is 79.9. The molecule has 3 aromatic carbocycles. The molecule has 0 aliphatic rings. The first-order chi connectivity index (χ1) is 16.5. The smallest absolute Gasteiger partial charge is 0.311 e. The zero-order valence-electron chi connectivity index (χ0n) is 18.3. The quantitative estimate of drug-likeness (QED) is 0.174. The van der Waals surface area contributed by atoms with Gasteiger partial charge in [0.05, 0.1) is 22.0 Å². The van der Waals surface area contributed by atoms with E-state index in [0.29, 0.717) is 28.7 Å². The van der Waals surface area contributed by atoms with E-state index in [9.17, 15) is 14.9 Å². The second-order valence-electron chi connectivity index (χ2n) is 7.56. The van der Waals surface area contributed by atoms with E-state index in [2.05, 4.69) is 26.0 Å². The molecule has 0 unspecified atom stereocenters. The molecule has 0 saturated carbocycles. The second kappa shape index (κ2) is 10.4. The molecule has 0 amide bonds. The summed E-state index contributed by atoms with van der Waals surface area (Å²) in [5, 5.41) is 16.4. The number of hydrogen-bond donors (Lipinski definition) is 0. The van der Waals surface area contributed by atoms with Gasteiger partial charge in [0, 0.05) is 22.5 Å². The lowest BCUT2D eigenvalue weighted by Crippen LogP contribution is -2.22. The molecule has 0 aliphatic heterocycles. The number of benzene rings is 3. The summed E-state index contributed by atoms with van der Waals surface area (Å²) < 4.78 is 7.69. The number of hydrogen-bond acceptors (Lipinski definition) is 6. The molecule has 0 radical (unpaired) electrons. The SMILES string of the molecule is CCCc1nc2ccc(Br)cc2c(=O)n1N=Cc1ccc(OCc2ccccc2)c([N+](=O)[O-])c1. The maximum atomic E-state index is 13.1. The summed E-state index contributed by atoms with van der Waals surface area (Å²) in [4.78, 5) is 28.8. The van der Waals surface area contributed by atoms with Crippen molar-refractivity contribution < 1.29 is 9.66 Å². The van der Waals surface area contributed by atoms with E-state index in [1.165, 1.54) is 23.0 Å². The zero-order valence-corrected chi connectivity index (χ0v) is 19.9. The Morgan fingerprint density at radius 2 is 1.94 bits per heavy atom. The largest absolute Gasteiger partial charge is 0.482 e. The Balaban J connectivity index is 1.67. The van der Waals surface area contributed by atoms with Gasteiger partial charge in [0.25, 0.3) is 5.56 Å². The molecule has 9 heteroatoms. The van der Waals surface area contributed by atoms with E-state index in [-0.39, 0.29) is 23.6 Å². The van der Waals surface area contributed by atoms with E-state index in [1.54, 1.807) is 18.2 Å². The molecule has 0 bridgehead atoms. The van der Waals surface area contributed by atoms with E-state index < -0.39 is 4.92 Å². The number of aromatic nitrogens is 2. The molecule has 0 atom stereocenters. The van der Waals surface area contributed by atoms with Gasteiger partial charge in [-0.25, -0.2) is 4.98 Å². The van der Waals surface area contributed by atoms with E-state index in [1.807, 2.05) is 43.3 Å². The van der Waals surface area contributed by atoms with Gasteiger partial charge in [0.15, 0.2) is 5.75 Å². The molecular weight excluding hydrogens is 500 g/mol. The Morgan fingerprint density at radius 3 is 2.68 bits per heavy atom. The van der Waals surface area contributed by atoms with Crippen molar-refractivity contribution in [3.8, 4) is 5.75 Å². The summed E-state index contributed by atoms with van der Waals surface area (Å²) in [5.41, 5.74) is 1.48.